The van der Waals surface area contributed by atoms with Crippen LogP contribution in [0.25, 0.3) is 0 Å². The van der Waals surface area contributed by atoms with Gasteiger partial charge in [-0.3, -0.25) is 0 Å². The summed E-state index contributed by atoms with van der Waals surface area (Å²) in [6.07, 6.45) is 0.232. The molecule has 0 spiro atoms. The van der Waals surface area contributed by atoms with Crippen molar-refractivity contribution in [3.63, 3.8) is 0 Å². The highest BCUT2D eigenvalue weighted by Gasteiger charge is 2.38. The van der Waals surface area contributed by atoms with E-state index in [4.69, 9.17) is 4.74 Å². The summed E-state index contributed by atoms with van der Waals surface area (Å²) in [5, 5.41) is 0. The molecule has 19 heavy (non-hydrogen) atoms. The number of rotatable bonds is 1. The van der Waals surface area contributed by atoms with Crippen molar-refractivity contribution in [1.29, 1.82) is 0 Å². The Morgan fingerprint density at radius 3 is 2.00 bits per heavy atom. The van der Waals surface area contributed by atoms with Gasteiger partial charge in [0.1, 0.15) is 6.10 Å². The molecule has 0 radical (unpaired) electrons. The Bertz CT molecular complexity index is 566. The molecule has 1 heteroatoms. The van der Waals surface area contributed by atoms with E-state index in [0.717, 1.165) is 0 Å². The minimum Gasteiger partial charge on any atom is -0.360 e. The van der Waals surface area contributed by atoms with Crippen LogP contribution < -0.4 is 0 Å². The van der Waals surface area contributed by atoms with Gasteiger partial charge in [0.25, 0.3) is 0 Å². The SMILES string of the molecule is CC(C)(C)[C@@H]1O[C@H](c2ccccc2)c2ccccc21. The summed E-state index contributed by atoms with van der Waals surface area (Å²) in [4.78, 5) is 0. The largest absolute Gasteiger partial charge is 0.360 e. The number of benzene rings is 2. The highest BCUT2D eigenvalue weighted by atomic mass is 16.5. The molecule has 0 bridgehead atoms. The van der Waals surface area contributed by atoms with Crippen molar-refractivity contribution >= 4 is 0 Å². The highest BCUT2D eigenvalue weighted by molar-refractivity contribution is 5.41. The molecular weight excluding hydrogens is 232 g/mol. The zero-order valence-electron chi connectivity index (χ0n) is 11.8. The van der Waals surface area contributed by atoms with Crippen molar-refractivity contribution in [2.75, 3.05) is 0 Å². The first kappa shape index (κ1) is 12.4. The molecule has 1 nitrogen and oxygen atoms in total. The molecule has 0 saturated carbocycles. The lowest BCUT2D eigenvalue weighted by Crippen LogP contribution is -2.18. The third-order valence-electron chi connectivity index (χ3n) is 3.72. The van der Waals surface area contributed by atoms with E-state index < -0.39 is 0 Å². The van der Waals surface area contributed by atoms with E-state index in [1.54, 1.807) is 0 Å². The minimum absolute atomic E-state index is 0.0709. The van der Waals surface area contributed by atoms with Crippen LogP contribution in [0.3, 0.4) is 0 Å². The van der Waals surface area contributed by atoms with Crippen LogP contribution in [-0.4, -0.2) is 0 Å². The lowest BCUT2D eigenvalue weighted by Gasteiger charge is -2.27. The van der Waals surface area contributed by atoms with Crippen LogP contribution in [0.5, 0.6) is 0 Å². The summed E-state index contributed by atoms with van der Waals surface area (Å²) in [7, 11) is 0. The molecule has 2 atom stereocenters. The van der Waals surface area contributed by atoms with E-state index in [-0.39, 0.29) is 17.6 Å². The Kier molecular flexibility index (Phi) is 2.94. The first-order valence-corrected chi connectivity index (χ1v) is 6.86. The van der Waals surface area contributed by atoms with E-state index in [9.17, 15) is 0 Å². The number of hydrogen-bond donors (Lipinski definition) is 0. The van der Waals surface area contributed by atoms with Gasteiger partial charge in [0.2, 0.25) is 0 Å². The maximum Gasteiger partial charge on any atom is 0.109 e. The molecule has 0 saturated heterocycles. The van der Waals surface area contributed by atoms with Gasteiger partial charge in [0.15, 0.2) is 0 Å². The molecule has 0 amide bonds. The molecule has 1 heterocycles. The van der Waals surface area contributed by atoms with Crippen molar-refractivity contribution in [3.05, 3.63) is 71.3 Å². The second-order valence-electron chi connectivity index (χ2n) is 6.30. The van der Waals surface area contributed by atoms with Gasteiger partial charge >= 0.3 is 0 Å². The molecule has 98 valence electrons. The summed E-state index contributed by atoms with van der Waals surface area (Å²) in [6, 6.07) is 19.1. The average Bonchev–Trinajstić information content (AvgIpc) is 2.79. The Balaban J connectivity index is 2.07. The Labute approximate surface area is 115 Å². The smallest absolute Gasteiger partial charge is 0.109 e. The zero-order chi connectivity index (χ0) is 13.5. The van der Waals surface area contributed by atoms with Crippen molar-refractivity contribution < 1.29 is 4.74 Å². The van der Waals surface area contributed by atoms with E-state index in [0.29, 0.717) is 0 Å². The number of hydrogen-bond acceptors (Lipinski definition) is 1. The molecule has 3 rings (SSSR count). The summed E-state index contributed by atoms with van der Waals surface area (Å²) in [5.41, 5.74) is 4.00. The van der Waals surface area contributed by atoms with Gasteiger partial charge in [-0.1, -0.05) is 75.4 Å². The van der Waals surface area contributed by atoms with E-state index in [2.05, 4.69) is 69.3 Å². The fourth-order valence-corrected chi connectivity index (χ4v) is 2.83. The van der Waals surface area contributed by atoms with Gasteiger partial charge in [-0.15, -0.1) is 0 Å². The third kappa shape index (κ3) is 2.19. The van der Waals surface area contributed by atoms with E-state index in [1.165, 1.54) is 16.7 Å². The summed E-state index contributed by atoms with van der Waals surface area (Å²) >= 11 is 0. The average molecular weight is 252 g/mol. The Hall–Kier alpha value is -1.60. The molecule has 0 N–H and O–H groups in total. The Morgan fingerprint density at radius 2 is 1.37 bits per heavy atom. The van der Waals surface area contributed by atoms with Gasteiger partial charge < -0.3 is 4.74 Å². The maximum atomic E-state index is 6.38. The van der Waals surface area contributed by atoms with Crippen molar-refractivity contribution in [2.45, 2.75) is 33.0 Å². The van der Waals surface area contributed by atoms with Crippen molar-refractivity contribution in [3.8, 4) is 0 Å². The van der Waals surface area contributed by atoms with Crippen LogP contribution in [0, 0.1) is 5.41 Å². The maximum absolute atomic E-state index is 6.38. The minimum atomic E-state index is 0.0709. The van der Waals surface area contributed by atoms with Crippen molar-refractivity contribution in [1.82, 2.24) is 0 Å². The number of ether oxygens (including phenoxy) is 1. The van der Waals surface area contributed by atoms with Crippen LogP contribution in [0.4, 0.5) is 0 Å². The third-order valence-corrected chi connectivity index (χ3v) is 3.72. The van der Waals surface area contributed by atoms with Gasteiger partial charge in [-0.05, 0) is 22.1 Å². The quantitative estimate of drug-likeness (QED) is 0.702. The molecule has 2 aromatic rings. The monoisotopic (exact) mass is 252 g/mol. The fraction of sp³-hybridized carbons (Fsp3) is 0.333. The molecule has 0 unspecified atom stereocenters. The number of fused-ring (bicyclic) bond motifs is 1. The van der Waals surface area contributed by atoms with Crippen LogP contribution in [0.15, 0.2) is 54.6 Å². The summed E-state index contributed by atoms with van der Waals surface area (Å²) in [5.74, 6) is 0. The predicted octanol–water partition coefficient (Wildman–Crippen LogP) is 4.89. The van der Waals surface area contributed by atoms with E-state index >= 15 is 0 Å². The molecule has 0 fully saturated rings. The molecule has 2 aromatic carbocycles. The molecule has 1 aliphatic rings. The Morgan fingerprint density at radius 1 is 0.789 bits per heavy atom. The molecule has 0 aromatic heterocycles. The van der Waals surface area contributed by atoms with Crippen LogP contribution >= 0.6 is 0 Å². The topological polar surface area (TPSA) is 9.23 Å². The van der Waals surface area contributed by atoms with Crippen LogP contribution in [0.1, 0.15) is 49.7 Å². The lowest BCUT2D eigenvalue weighted by molar-refractivity contribution is -0.0310. The van der Waals surface area contributed by atoms with Gasteiger partial charge in [-0.2, -0.15) is 0 Å². The van der Waals surface area contributed by atoms with Crippen molar-refractivity contribution in [2.24, 2.45) is 5.41 Å². The first-order valence-electron chi connectivity index (χ1n) is 6.86. The normalized spacial score (nSPS) is 22.3. The zero-order valence-corrected chi connectivity index (χ0v) is 11.8. The standard InChI is InChI=1S/C18H20O/c1-18(2,3)17-15-12-8-7-11-14(15)16(19-17)13-9-5-4-6-10-13/h4-12,16-17H,1-3H3/t16-,17-/m1/s1. The second kappa shape index (κ2) is 4.50. The fourth-order valence-electron chi connectivity index (χ4n) is 2.83. The molecule has 0 aliphatic carbocycles. The lowest BCUT2D eigenvalue weighted by atomic mass is 9.84. The van der Waals surface area contributed by atoms with Gasteiger partial charge in [0, 0.05) is 0 Å². The summed E-state index contributed by atoms with van der Waals surface area (Å²) < 4.78 is 6.38. The molecule has 1 aliphatic heterocycles. The van der Waals surface area contributed by atoms with Gasteiger partial charge in [-0.25, -0.2) is 0 Å². The van der Waals surface area contributed by atoms with E-state index in [1.807, 2.05) is 6.07 Å². The first-order chi connectivity index (χ1) is 9.07. The second-order valence-corrected chi connectivity index (χ2v) is 6.30. The van der Waals surface area contributed by atoms with Crippen LogP contribution in [-0.2, 0) is 4.74 Å². The van der Waals surface area contributed by atoms with Gasteiger partial charge in [0.05, 0.1) is 6.10 Å². The molecular formula is C18H20O. The summed E-state index contributed by atoms with van der Waals surface area (Å²) in [6.45, 7) is 6.71. The van der Waals surface area contributed by atoms with Crippen LogP contribution in [0.2, 0.25) is 0 Å². The predicted molar refractivity (Wildman–Crippen MR) is 78.0 cm³/mol. The highest BCUT2D eigenvalue weighted by Crippen LogP contribution is 2.49.